The molecule has 1 aliphatic heterocycles. The molecule has 3 rings (SSSR count). The standard InChI is InChI=1S/C13H8N2O2S/c16-15(17)10-5-6-12-9(7-10)8-14-11-3-1-2-4-13(11)18-12/h1-8H. The van der Waals surface area contributed by atoms with Gasteiger partial charge < -0.3 is 0 Å². The lowest BCUT2D eigenvalue weighted by Crippen LogP contribution is -1.91. The number of non-ortho nitro benzene ring substituents is 1. The van der Waals surface area contributed by atoms with Crippen LogP contribution < -0.4 is 0 Å². The number of fused-ring (bicyclic) bond motifs is 2. The third-order valence-corrected chi connectivity index (χ3v) is 3.79. The second-order valence-corrected chi connectivity index (χ2v) is 4.89. The molecule has 0 saturated carbocycles. The highest BCUT2D eigenvalue weighted by atomic mass is 32.2. The lowest BCUT2D eigenvalue weighted by Gasteiger charge is -2.03. The normalized spacial score (nSPS) is 12.4. The first kappa shape index (κ1) is 11.0. The van der Waals surface area contributed by atoms with Crippen molar-refractivity contribution in [1.82, 2.24) is 0 Å². The molecule has 18 heavy (non-hydrogen) atoms. The van der Waals surface area contributed by atoms with Crippen molar-refractivity contribution in [3.8, 4) is 0 Å². The monoisotopic (exact) mass is 256 g/mol. The summed E-state index contributed by atoms with van der Waals surface area (Å²) in [5.41, 5.74) is 1.76. The molecule has 0 aliphatic carbocycles. The fourth-order valence-corrected chi connectivity index (χ4v) is 2.73. The average molecular weight is 256 g/mol. The van der Waals surface area contributed by atoms with E-state index in [1.54, 1.807) is 30.1 Å². The van der Waals surface area contributed by atoms with Crippen molar-refractivity contribution in [3.05, 3.63) is 58.1 Å². The molecule has 88 valence electrons. The molecule has 0 radical (unpaired) electrons. The van der Waals surface area contributed by atoms with Gasteiger partial charge in [-0.3, -0.25) is 15.1 Å². The molecule has 2 aromatic carbocycles. The largest absolute Gasteiger partial charge is 0.270 e. The predicted octanol–water partition coefficient (Wildman–Crippen LogP) is 3.81. The Kier molecular flexibility index (Phi) is 2.60. The van der Waals surface area contributed by atoms with E-state index in [0.29, 0.717) is 0 Å². The number of hydrogen-bond acceptors (Lipinski definition) is 4. The smallest absolute Gasteiger partial charge is 0.258 e. The zero-order valence-electron chi connectivity index (χ0n) is 9.24. The van der Waals surface area contributed by atoms with Crippen LogP contribution in [0.5, 0.6) is 0 Å². The highest BCUT2D eigenvalue weighted by Crippen LogP contribution is 2.39. The molecule has 4 nitrogen and oxygen atoms in total. The van der Waals surface area contributed by atoms with Crippen molar-refractivity contribution in [2.24, 2.45) is 4.99 Å². The minimum atomic E-state index is -0.392. The Labute approximate surface area is 108 Å². The Morgan fingerprint density at radius 2 is 1.94 bits per heavy atom. The van der Waals surface area contributed by atoms with Crippen LogP contribution >= 0.6 is 11.8 Å². The van der Waals surface area contributed by atoms with E-state index in [1.807, 2.05) is 24.3 Å². The van der Waals surface area contributed by atoms with Crippen LogP contribution in [0, 0.1) is 10.1 Å². The van der Waals surface area contributed by atoms with Gasteiger partial charge in [-0.15, -0.1) is 0 Å². The highest BCUT2D eigenvalue weighted by molar-refractivity contribution is 7.99. The molecule has 0 unspecified atom stereocenters. The van der Waals surface area contributed by atoms with Crippen molar-refractivity contribution in [2.45, 2.75) is 9.79 Å². The second-order valence-electron chi connectivity index (χ2n) is 3.81. The summed E-state index contributed by atoms with van der Waals surface area (Å²) >= 11 is 1.58. The minimum Gasteiger partial charge on any atom is -0.258 e. The Bertz CT molecular complexity index is 668. The first-order valence-corrected chi connectivity index (χ1v) is 6.15. The van der Waals surface area contributed by atoms with Crippen LogP contribution in [-0.4, -0.2) is 11.1 Å². The van der Waals surface area contributed by atoms with Crippen LogP contribution in [0.2, 0.25) is 0 Å². The van der Waals surface area contributed by atoms with E-state index in [2.05, 4.69) is 4.99 Å². The van der Waals surface area contributed by atoms with E-state index >= 15 is 0 Å². The topological polar surface area (TPSA) is 55.5 Å². The van der Waals surface area contributed by atoms with Gasteiger partial charge in [0.2, 0.25) is 0 Å². The van der Waals surface area contributed by atoms with E-state index in [1.165, 1.54) is 6.07 Å². The predicted molar refractivity (Wildman–Crippen MR) is 70.9 cm³/mol. The quantitative estimate of drug-likeness (QED) is 0.491. The average Bonchev–Trinajstić information content (AvgIpc) is 2.56. The van der Waals surface area contributed by atoms with Crippen molar-refractivity contribution < 1.29 is 4.92 Å². The van der Waals surface area contributed by atoms with E-state index in [9.17, 15) is 10.1 Å². The number of hydrogen-bond donors (Lipinski definition) is 0. The first-order valence-electron chi connectivity index (χ1n) is 5.33. The molecule has 0 N–H and O–H groups in total. The van der Waals surface area contributed by atoms with Gasteiger partial charge in [0.1, 0.15) is 0 Å². The molecule has 5 heteroatoms. The Morgan fingerprint density at radius 3 is 2.78 bits per heavy atom. The molecule has 0 atom stereocenters. The van der Waals surface area contributed by atoms with Crippen LogP contribution in [0.15, 0.2) is 57.2 Å². The molecule has 2 aromatic rings. The van der Waals surface area contributed by atoms with Crippen LogP contribution in [0.25, 0.3) is 0 Å². The van der Waals surface area contributed by atoms with Gasteiger partial charge in [-0.2, -0.15) is 0 Å². The Hall–Kier alpha value is -2.14. The van der Waals surface area contributed by atoms with Crippen LogP contribution in [0.1, 0.15) is 5.56 Å². The van der Waals surface area contributed by atoms with Gasteiger partial charge in [-0.1, -0.05) is 23.9 Å². The fourth-order valence-electron chi connectivity index (χ4n) is 1.75. The van der Waals surface area contributed by atoms with Crippen LogP contribution in [-0.2, 0) is 0 Å². The van der Waals surface area contributed by atoms with Crippen molar-refractivity contribution in [1.29, 1.82) is 0 Å². The van der Waals surface area contributed by atoms with Gasteiger partial charge in [-0.05, 0) is 18.2 Å². The summed E-state index contributed by atoms with van der Waals surface area (Å²) in [6.45, 7) is 0. The summed E-state index contributed by atoms with van der Waals surface area (Å²) in [7, 11) is 0. The van der Waals surface area contributed by atoms with Crippen molar-refractivity contribution in [3.63, 3.8) is 0 Å². The van der Waals surface area contributed by atoms with Crippen molar-refractivity contribution >= 4 is 29.4 Å². The zero-order chi connectivity index (χ0) is 12.5. The van der Waals surface area contributed by atoms with Gasteiger partial charge in [-0.25, -0.2) is 0 Å². The summed E-state index contributed by atoms with van der Waals surface area (Å²) in [6, 6.07) is 12.7. The number of nitro groups is 1. The number of rotatable bonds is 1. The molecule has 0 spiro atoms. The Balaban J connectivity index is 2.12. The first-order chi connectivity index (χ1) is 8.74. The summed E-state index contributed by atoms with van der Waals surface area (Å²) in [5, 5.41) is 10.7. The summed E-state index contributed by atoms with van der Waals surface area (Å²) in [6.07, 6.45) is 1.68. The van der Waals surface area contributed by atoms with E-state index in [0.717, 1.165) is 21.0 Å². The third kappa shape index (κ3) is 1.89. The molecule has 1 aliphatic rings. The molecule has 0 bridgehead atoms. The number of aliphatic imine (C=N–C) groups is 1. The molecule has 1 heterocycles. The van der Waals surface area contributed by atoms with Gasteiger partial charge in [0.05, 0.1) is 10.6 Å². The molecule has 0 saturated heterocycles. The number of nitro benzene ring substituents is 1. The number of para-hydroxylation sites is 1. The maximum Gasteiger partial charge on any atom is 0.270 e. The van der Waals surface area contributed by atoms with Crippen LogP contribution in [0.3, 0.4) is 0 Å². The van der Waals surface area contributed by atoms with Gasteiger partial charge in [0, 0.05) is 33.7 Å². The van der Waals surface area contributed by atoms with Crippen LogP contribution in [0.4, 0.5) is 11.4 Å². The Morgan fingerprint density at radius 1 is 1.11 bits per heavy atom. The molecule has 0 aromatic heterocycles. The maximum atomic E-state index is 10.7. The van der Waals surface area contributed by atoms with Gasteiger partial charge in [0.25, 0.3) is 5.69 Å². The zero-order valence-corrected chi connectivity index (χ0v) is 10.1. The summed E-state index contributed by atoms with van der Waals surface area (Å²) < 4.78 is 0. The van der Waals surface area contributed by atoms with Crippen molar-refractivity contribution in [2.75, 3.05) is 0 Å². The van der Waals surface area contributed by atoms with E-state index in [-0.39, 0.29) is 5.69 Å². The SMILES string of the molecule is O=[N+]([O-])c1ccc2c(c1)C=Nc1ccccc1S2. The summed E-state index contributed by atoms with van der Waals surface area (Å²) in [5.74, 6) is 0. The molecular formula is C13H8N2O2S. The lowest BCUT2D eigenvalue weighted by atomic mass is 10.2. The van der Waals surface area contributed by atoms with Gasteiger partial charge in [0.15, 0.2) is 0 Å². The van der Waals surface area contributed by atoms with E-state index < -0.39 is 4.92 Å². The minimum absolute atomic E-state index is 0.0896. The fraction of sp³-hybridized carbons (Fsp3) is 0. The van der Waals surface area contributed by atoms with E-state index in [4.69, 9.17) is 0 Å². The number of nitrogens with zero attached hydrogens (tertiary/aromatic N) is 2. The molecular weight excluding hydrogens is 248 g/mol. The summed E-state index contributed by atoms with van der Waals surface area (Å²) in [4.78, 5) is 16.8. The second kappa shape index (κ2) is 4.27. The third-order valence-electron chi connectivity index (χ3n) is 2.63. The van der Waals surface area contributed by atoms with Gasteiger partial charge >= 0.3 is 0 Å². The highest BCUT2D eigenvalue weighted by Gasteiger charge is 2.14. The maximum absolute atomic E-state index is 10.7. The number of benzene rings is 2. The molecule has 0 fully saturated rings. The molecule has 0 amide bonds. The lowest BCUT2D eigenvalue weighted by molar-refractivity contribution is -0.384.